The highest BCUT2D eigenvalue weighted by atomic mass is 127. The zero-order chi connectivity index (χ0) is 19.3. The number of piperazine rings is 1. The lowest BCUT2D eigenvalue weighted by molar-refractivity contribution is 0.259. The van der Waals surface area contributed by atoms with Gasteiger partial charge in [0.15, 0.2) is 11.8 Å². The Morgan fingerprint density at radius 3 is 2.61 bits per heavy atom. The van der Waals surface area contributed by atoms with Crippen molar-refractivity contribution in [3.8, 4) is 0 Å². The van der Waals surface area contributed by atoms with Crippen LogP contribution >= 0.6 is 24.0 Å². The topological polar surface area (TPSA) is 130 Å². The molecule has 2 aromatic rings. The molecule has 0 atom stereocenters. The first kappa shape index (κ1) is 22.5. The summed E-state index contributed by atoms with van der Waals surface area (Å²) in [5.74, 6) is 1.75. The Labute approximate surface area is 180 Å². The number of aromatic nitrogens is 3. The van der Waals surface area contributed by atoms with Crippen LogP contribution in [0.1, 0.15) is 17.4 Å². The number of aryl methyl sites for hydroxylation is 1. The molecule has 3 rings (SSSR count). The molecule has 1 saturated heterocycles. The molecular formula is C15H24IN7O4S. The first-order chi connectivity index (χ1) is 13.0. The first-order valence-electron chi connectivity index (χ1n) is 8.60. The summed E-state index contributed by atoms with van der Waals surface area (Å²) in [6.07, 6.45) is 1.96. The second-order valence-electron chi connectivity index (χ2n) is 6.09. The van der Waals surface area contributed by atoms with Crippen LogP contribution in [-0.2, 0) is 22.2 Å². The van der Waals surface area contributed by atoms with Gasteiger partial charge in [-0.1, -0.05) is 10.3 Å². The molecular weight excluding hydrogens is 501 g/mol. The van der Waals surface area contributed by atoms with Crippen LogP contribution < -0.4 is 5.32 Å². The summed E-state index contributed by atoms with van der Waals surface area (Å²) in [4.78, 5) is 10.5. The second kappa shape index (κ2) is 10.2. The summed E-state index contributed by atoms with van der Waals surface area (Å²) in [6, 6.07) is 1.56. The highest BCUT2D eigenvalue weighted by molar-refractivity contribution is 14.0. The van der Waals surface area contributed by atoms with Gasteiger partial charge in [0.1, 0.15) is 12.0 Å². The third-order valence-corrected chi connectivity index (χ3v) is 5.97. The summed E-state index contributed by atoms with van der Waals surface area (Å²) in [5.41, 5.74) is 0.408. The van der Waals surface area contributed by atoms with Crippen LogP contribution in [0.5, 0.6) is 0 Å². The quantitative estimate of drug-likeness (QED) is 0.321. The third-order valence-electron chi connectivity index (χ3n) is 4.16. The Hall–Kier alpha value is -1.74. The molecule has 156 valence electrons. The third kappa shape index (κ3) is 5.88. The van der Waals surface area contributed by atoms with Crippen LogP contribution in [0.25, 0.3) is 0 Å². The van der Waals surface area contributed by atoms with E-state index in [0.717, 1.165) is 5.96 Å². The van der Waals surface area contributed by atoms with Gasteiger partial charge in [-0.25, -0.2) is 8.42 Å². The molecule has 3 heterocycles. The molecule has 11 nitrogen and oxygen atoms in total. The van der Waals surface area contributed by atoms with Crippen molar-refractivity contribution >= 4 is 40.0 Å². The Morgan fingerprint density at radius 2 is 2.04 bits per heavy atom. The van der Waals surface area contributed by atoms with E-state index in [2.05, 4.69) is 25.6 Å². The lowest BCUT2D eigenvalue weighted by Crippen LogP contribution is -2.54. The molecule has 13 heteroatoms. The van der Waals surface area contributed by atoms with Gasteiger partial charge in [-0.3, -0.25) is 4.99 Å². The largest absolute Gasteiger partial charge is 0.364 e. The summed E-state index contributed by atoms with van der Waals surface area (Å²) < 4.78 is 36.2. The fraction of sp³-hybridized carbons (Fsp3) is 0.600. The molecule has 0 bridgehead atoms. The van der Waals surface area contributed by atoms with E-state index in [0.29, 0.717) is 56.6 Å². The minimum absolute atomic E-state index is 0. The summed E-state index contributed by atoms with van der Waals surface area (Å²) in [7, 11) is -1.72. The smallest absolute Gasteiger partial charge is 0.228 e. The molecule has 28 heavy (non-hydrogen) atoms. The van der Waals surface area contributed by atoms with Gasteiger partial charge in [0.2, 0.25) is 15.9 Å². The zero-order valence-corrected chi connectivity index (χ0v) is 18.9. The van der Waals surface area contributed by atoms with E-state index in [-0.39, 0.29) is 29.7 Å². The Kier molecular flexibility index (Phi) is 8.18. The number of hydrogen-bond acceptors (Lipinski definition) is 8. The van der Waals surface area contributed by atoms with E-state index in [4.69, 9.17) is 9.05 Å². The van der Waals surface area contributed by atoms with Crippen molar-refractivity contribution in [1.29, 1.82) is 0 Å². The van der Waals surface area contributed by atoms with E-state index in [1.165, 1.54) is 10.6 Å². The van der Waals surface area contributed by atoms with Gasteiger partial charge >= 0.3 is 0 Å². The molecule has 0 aromatic carbocycles. The lowest BCUT2D eigenvalue weighted by Gasteiger charge is -2.35. The van der Waals surface area contributed by atoms with Gasteiger partial charge in [0, 0.05) is 52.3 Å². The summed E-state index contributed by atoms with van der Waals surface area (Å²) in [5, 5.41) is 10.7. The van der Waals surface area contributed by atoms with E-state index in [9.17, 15) is 8.42 Å². The maximum atomic E-state index is 12.5. The fourth-order valence-electron chi connectivity index (χ4n) is 2.82. The van der Waals surface area contributed by atoms with Crippen LogP contribution in [0.15, 0.2) is 26.4 Å². The standard InChI is InChI=1S/C15H23N7O4S.HI/c1-12-18-14(26-19-12)3-5-17-15(16-2)21-6-8-22(9-7-21)27(23,24)11-13-4-10-25-20-13;/h4,10H,3,5-9,11H2,1-2H3,(H,16,17);1H. The van der Waals surface area contributed by atoms with E-state index in [1.54, 1.807) is 20.0 Å². The number of rotatable bonds is 6. The number of hydrogen-bond donors (Lipinski definition) is 1. The van der Waals surface area contributed by atoms with Gasteiger partial charge in [-0.15, -0.1) is 24.0 Å². The number of halogens is 1. The number of guanidine groups is 1. The minimum atomic E-state index is -3.42. The molecule has 1 N–H and O–H groups in total. The monoisotopic (exact) mass is 525 g/mol. The van der Waals surface area contributed by atoms with E-state index < -0.39 is 10.0 Å². The van der Waals surface area contributed by atoms with Crippen LogP contribution in [-0.4, -0.2) is 78.7 Å². The van der Waals surface area contributed by atoms with Crippen molar-refractivity contribution in [1.82, 2.24) is 29.8 Å². The number of sulfonamides is 1. The number of nitrogens with one attached hydrogen (secondary N) is 1. The first-order valence-corrected chi connectivity index (χ1v) is 10.2. The van der Waals surface area contributed by atoms with Crippen molar-refractivity contribution < 1.29 is 17.5 Å². The van der Waals surface area contributed by atoms with Crippen molar-refractivity contribution in [2.45, 2.75) is 19.1 Å². The maximum Gasteiger partial charge on any atom is 0.228 e. The Morgan fingerprint density at radius 1 is 1.29 bits per heavy atom. The minimum Gasteiger partial charge on any atom is -0.364 e. The summed E-state index contributed by atoms with van der Waals surface area (Å²) >= 11 is 0. The molecule has 1 aliphatic heterocycles. The van der Waals surface area contributed by atoms with Gasteiger partial charge in [0.25, 0.3) is 0 Å². The molecule has 1 aliphatic rings. The van der Waals surface area contributed by atoms with Crippen LogP contribution in [0.2, 0.25) is 0 Å². The molecule has 1 fully saturated rings. The van der Waals surface area contributed by atoms with Gasteiger partial charge in [-0.2, -0.15) is 9.29 Å². The van der Waals surface area contributed by atoms with Crippen LogP contribution in [0.3, 0.4) is 0 Å². The van der Waals surface area contributed by atoms with Crippen molar-refractivity contribution in [3.05, 3.63) is 29.7 Å². The SMILES string of the molecule is CN=C(NCCc1nc(C)no1)N1CCN(S(=O)(=O)Cc2ccon2)CC1.I. The highest BCUT2D eigenvalue weighted by Crippen LogP contribution is 2.12. The average Bonchev–Trinajstić information content (AvgIpc) is 3.30. The second-order valence-corrected chi connectivity index (χ2v) is 8.06. The molecule has 0 aliphatic carbocycles. The molecule has 0 unspecified atom stereocenters. The Balaban J connectivity index is 0.00000280. The summed E-state index contributed by atoms with van der Waals surface area (Å²) in [6.45, 7) is 4.26. The van der Waals surface area contributed by atoms with Crippen LogP contribution in [0, 0.1) is 6.92 Å². The van der Waals surface area contributed by atoms with Crippen molar-refractivity contribution in [2.24, 2.45) is 4.99 Å². The lowest BCUT2D eigenvalue weighted by atomic mass is 10.3. The molecule has 2 aromatic heterocycles. The number of nitrogens with zero attached hydrogens (tertiary/aromatic N) is 6. The van der Waals surface area contributed by atoms with Gasteiger partial charge in [-0.05, 0) is 6.92 Å². The predicted octanol–water partition coefficient (Wildman–Crippen LogP) is 0.250. The van der Waals surface area contributed by atoms with Gasteiger partial charge in [0.05, 0.1) is 5.69 Å². The Bertz CT molecular complexity index is 861. The zero-order valence-electron chi connectivity index (χ0n) is 15.7. The van der Waals surface area contributed by atoms with Crippen molar-refractivity contribution in [3.63, 3.8) is 0 Å². The molecule has 0 spiro atoms. The van der Waals surface area contributed by atoms with E-state index in [1.807, 2.05) is 4.90 Å². The van der Waals surface area contributed by atoms with Gasteiger partial charge < -0.3 is 19.3 Å². The molecule has 0 saturated carbocycles. The van der Waals surface area contributed by atoms with Crippen molar-refractivity contribution in [2.75, 3.05) is 39.8 Å². The number of aliphatic imine (C=N–C) groups is 1. The van der Waals surface area contributed by atoms with Crippen LogP contribution in [0.4, 0.5) is 0 Å². The highest BCUT2D eigenvalue weighted by Gasteiger charge is 2.28. The molecule has 0 radical (unpaired) electrons. The fourth-order valence-corrected chi connectivity index (χ4v) is 4.25. The predicted molar refractivity (Wildman–Crippen MR) is 112 cm³/mol. The average molecular weight is 525 g/mol. The van der Waals surface area contributed by atoms with E-state index >= 15 is 0 Å². The maximum absolute atomic E-state index is 12.5. The molecule has 0 amide bonds. The normalized spacial score (nSPS) is 16.1.